The van der Waals surface area contributed by atoms with Crippen LogP contribution in [0.4, 0.5) is 0 Å². The summed E-state index contributed by atoms with van der Waals surface area (Å²) in [5, 5.41) is 2.67. The zero-order valence-electron chi connectivity index (χ0n) is 15.1. The van der Waals surface area contributed by atoms with Crippen molar-refractivity contribution in [2.24, 2.45) is 0 Å². The third-order valence-corrected chi connectivity index (χ3v) is 5.88. The third-order valence-electron chi connectivity index (χ3n) is 3.53. The zero-order chi connectivity index (χ0) is 19.7. The maximum Gasteiger partial charge on any atom is 0.243 e. The highest BCUT2D eigenvalue weighted by atomic mass is 79.9. The molecule has 26 heavy (non-hydrogen) atoms. The van der Waals surface area contributed by atoms with Crippen LogP contribution in [0.5, 0.6) is 0 Å². The van der Waals surface area contributed by atoms with Crippen LogP contribution in [0.15, 0.2) is 33.6 Å². The van der Waals surface area contributed by atoms with Crippen LogP contribution >= 0.6 is 15.9 Å². The fraction of sp³-hybridized carbons (Fsp3) is 0.500. The minimum Gasteiger partial charge on any atom is -0.385 e. The van der Waals surface area contributed by atoms with Crippen molar-refractivity contribution >= 4 is 37.8 Å². The lowest BCUT2D eigenvalue weighted by Gasteiger charge is -2.21. The van der Waals surface area contributed by atoms with E-state index in [1.165, 1.54) is 31.1 Å². The average molecular weight is 450 g/mol. The summed E-state index contributed by atoms with van der Waals surface area (Å²) in [5.74, 6) is -0.782. The van der Waals surface area contributed by atoms with Gasteiger partial charge in [0.1, 0.15) is 0 Å². The second kappa shape index (κ2) is 10.6. The molecule has 1 aromatic carbocycles. The Morgan fingerprint density at radius 1 is 1.15 bits per heavy atom. The van der Waals surface area contributed by atoms with E-state index in [0.717, 1.165) is 8.78 Å². The van der Waals surface area contributed by atoms with E-state index < -0.39 is 15.9 Å². The number of sulfonamides is 1. The number of halogens is 1. The smallest absolute Gasteiger partial charge is 0.243 e. The van der Waals surface area contributed by atoms with E-state index in [1.807, 2.05) is 0 Å². The van der Waals surface area contributed by atoms with Crippen LogP contribution in [-0.4, -0.2) is 76.9 Å². The summed E-state index contributed by atoms with van der Waals surface area (Å²) in [6, 6.07) is 6.14. The van der Waals surface area contributed by atoms with E-state index in [2.05, 4.69) is 21.2 Å². The van der Waals surface area contributed by atoms with Gasteiger partial charge in [0, 0.05) is 38.8 Å². The van der Waals surface area contributed by atoms with Gasteiger partial charge in [-0.3, -0.25) is 9.59 Å². The molecule has 0 aliphatic heterocycles. The van der Waals surface area contributed by atoms with Crippen molar-refractivity contribution in [3.8, 4) is 0 Å². The van der Waals surface area contributed by atoms with E-state index in [4.69, 9.17) is 4.74 Å². The van der Waals surface area contributed by atoms with E-state index in [-0.39, 0.29) is 23.9 Å². The van der Waals surface area contributed by atoms with Crippen LogP contribution in [-0.2, 0) is 24.3 Å². The number of nitrogens with zero attached hydrogens (tertiary/aromatic N) is 2. The molecular weight excluding hydrogens is 426 g/mol. The Labute approximate surface area is 162 Å². The molecule has 0 atom stereocenters. The standard InChI is InChI=1S/C16H24BrN3O5S/c1-19(11-15(21)18-9-4-10-25-3)16(22)12-20(2)26(23,24)14-7-5-13(17)6-8-14/h5-8H,4,9-12H2,1-3H3,(H,18,21). The summed E-state index contributed by atoms with van der Waals surface area (Å²) in [7, 11) is 0.577. The van der Waals surface area contributed by atoms with Gasteiger partial charge in [-0.15, -0.1) is 0 Å². The molecule has 0 aromatic heterocycles. The molecule has 0 saturated heterocycles. The number of amides is 2. The molecule has 10 heteroatoms. The minimum atomic E-state index is -3.78. The predicted molar refractivity (Wildman–Crippen MR) is 101 cm³/mol. The molecule has 2 amide bonds. The maximum absolute atomic E-state index is 12.5. The maximum atomic E-state index is 12.5. The van der Waals surface area contributed by atoms with Crippen LogP contribution in [0.1, 0.15) is 6.42 Å². The highest BCUT2D eigenvalue weighted by Gasteiger charge is 2.24. The van der Waals surface area contributed by atoms with Crippen molar-refractivity contribution < 1.29 is 22.7 Å². The van der Waals surface area contributed by atoms with Crippen LogP contribution in [0, 0.1) is 0 Å². The number of hydrogen-bond donors (Lipinski definition) is 1. The number of rotatable bonds is 10. The number of methoxy groups -OCH3 is 1. The quantitative estimate of drug-likeness (QED) is 0.529. The molecule has 0 aliphatic carbocycles. The monoisotopic (exact) mass is 449 g/mol. The molecule has 1 rings (SSSR count). The van der Waals surface area contributed by atoms with Crippen LogP contribution in [0.2, 0.25) is 0 Å². The van der Waals surface area contributed by atoms with Crippen molar-refractivity contribution in [3.05, 3.63) is 28.7 Å². The van der Waals surface area contributed by atoms with E-state index in [9.17, 15) is 18.0 Å². The first-order valence-electron chi connectivity index (χ1n) is 7.90. The Morgan fingerprint density at radius 3 is 2.35 bits per heavy atom. The summed E-state index contributed by atoms with van der Waals surface area (Å²) in [6.07, 6.45) is 0.675. The Balaban J connectivity index is 2.57. The van der Waals surface area contributed by atoms with Gasteiger partial charge in [-0.25, -0.2) is 8.42 Å². The van der Waals surface area contributed by atoms with Gasteiger partial charge in [0.25, 0.3) is 0 Å². The first-order valence-corrected chi connectivity index (χ1v) is 10.1. The molecular formula is C16H24BrN3O5S. The Morgan fingerprint density at radius 2 is 1.77 bits per heavy atom. The molecule has 0 bridgehead atoms. The Hall–Kier alpha value is -1.49. The summed E-state index contributed by atoms with van der Waals surface area (Å²) in [5.41, 5.74) is 0. The van der Waals surface area contributed by atoms with E-state index in [0.29, 0.717) is 19.6 Å². The number of nitrogens with one attached hydrogen (secondary N) is 1. The molecule has 1 aromatic rings. The molecule has 8 nitrogen and oxygen atoms in total. The Bertz CT molecular complexity index is 709. The molecule has 0 radical (unpaired) electrons. The molecule has 0 unspecified atom stereocenters. The molecule has 0 heterocycles. The summed E-state index contributed by atoms with van der Waals surface area (Å²) >= 11 is 3.24. The Kier molecular flexibility index (Phi) is 9.20. The van der Waals surface area contributed by atoms with Crippen molar-refractivity contribution in [2.45, 2.75) is 11.3 Å². The molecule has 1 N–H and O–H groups in total. The lowest BCUT2D eigenvalue weighted by atomic mass is 10.4. The van der Waals surface area contributed by atoms with E-state index in [1.54, 1.807) is 19.2 Å². The van der Waals surface area contributed by atoms with Crippen molar-refractivity contribution in [2.75, 3.05) is 47.4 Å². The van der Waals surface area contributed by atoms with Crippen molar-refractivity contribution in [1.82, 2.24) is 14.5 Å². The van der Waals surface area contributed by atoms with Gasteiger partial charge in [-0.05, 0) is 30.7 Å². The van der Waals surface area contributed by atoms with Gasteiger partial charge in [-0.2, -0.15) is 4.31 Å². The van der Waals surface area contributed by atoms with Gasteiger partial charge in [0.15, 0.2) is 0 Å². The SMILES string of the molecule is COCCCNC(=O)CN(C)C(=O)CN(C)S(=O)(=O)c1ccc(Br)cc1. The van der Waals surface area contributed by atoms with Crippen LogP contribution in [0.3, 0.4) is 0 Å². The van der Waals surface area contributed by atoms with Gasteiger partial charge < -0.3 is 15.0 Å². The van der Waals surface area contributed by atoms with Crippen LogP contribution < -0.4 is 5.32 Å². The summed E-state index contributed by atoms with van der Waals surface area (Å²) < 4.78 is 31.6. The predicted octanol–water partition coefficient (Wildman–Crippen LogP) is 0.681. The number of carbonyl (C=O) groups excluding carboxylic acids is 2. The largest absolute Gasteiger partial charge is 0.385 e. The molecule has 0 fully saturated rings. The van der Waals surface area contributed by atoms with Gasteiger partial charge in [0.05, 0.1) is 18.0 Å². The van der Waals surface area contributed by atoms with Gasteiger partial charge in [0.2, 0.25) is 21.8 Å². The average Bonchev–Trinajstić information content (AvgIpc) is 2.58. The number of hydrogen-bond acceptors (Lipinski definition) is 5. The topological polar surface area (TPSA) is 96.0 Å². The summed E-state index contributed by atoms with van der Waals surface area (Å²) in [4.78, 5) is 25.3. The first kappa shape index (κ1) is 22.6. The first-order chi connectivity index (χ1) is 12.2. The van der Waals surface area contributed by atoms with Gasteiger partial charge in [-0.1, -0.05) is 15.9 Å². The number of benzene rings is 1. The zero-order valence-corrected chi connectivity index (χ0v) is 17.5. The molecule has 146 valence electrons. The fourth-order valence-corrected chi connectivity index (χ4v) is 3.37. The van der Waals surface area contributed by atoms with Crippen molar-refractivity contribution in [3.63, 3.8) is 0 Å². The molecule has 0 saturated carbocycles. The minimum absolute atomic E-state index is 0.0922. The van der Waals surface area contributed by atoms with E-state index >= 15 is 0 Å². The normalized spacial score (nSPS) is 11.4. The molecule has 0 aliphatic rings. The number of likely N-dealkylation sites (N-methyl/N-ethyl adjacent to an activating group) is 2. The lowest BCUT2D eigenvalue weighted by Crippen LogP contribution is -2.43. The second-order valence-electron chi connectivity index (χ2n) is 5.66. The van der Waals surface area contributed by atoms with Crippen LogP contribution in [0.25, 0.3) is 0 Å². The second-order valence-corrected chi connectivity index (χ2v) is 8.62. The summed E-state index contributed by atoms with van der Waals surface area (Å²) in [6.45, 7) is 0.490. The fourth-order valence-electron chi connectivity index (χ4n) is 1.99. The highest BCUT2D eigenvalue weighted by Crippen LogP contribution is 2.17. The number of ether oxygens (including phenoxy) is 1. The van der Waals surface area contributed by atoms with Gasteiger partial charge >= 0.3 is 0 Å². The third kappa shape index (κ3) is 7.02. The van der Waals surface area contributed by atoms with Crippen molar-refractivity contribution in [1.29, 1.82) is 0 Å². The number of carbonyl (C=O) groups is 2. The highest BCUT2D eigenvalue weighted by molar-refractivity contribution is 9.10. The molecule has 0 spiro atoms. The lowest BCUT2D eigenvalue weighted by molar-refractivity contribution is -0.134.